The van der Waals surface area contributed by atoms with Gasteiger partial charge in [-0.25, -0.2) is 0 Å². The van der Waals surface area contributed by atoms with Crippen LogP contribution in [0.3, 0.4) is 0 Å². The zero-order valence-electron chi connectivity index (χ0n) is 12.2. The van der Waals surface area contributed by atoms with Gasteiger partial charge in [0, 0.05) is 12.2 Å². The van der Waals surface area contributed by atoms with E-state index in [1.807, 2.05) is 18.2 Å². The van der Waals surface area contributed by atoms with Gasteiger partial charge in [-0.2, -0.15) is 0 Å². The van der Waals surface area contributed by atoms with Gasteiger partial charge in [0.2, 0.25) is 0 Å². The van der Waals surface area contributed by atoms with Crippen LogP contribution in [0, 0.1) is 0 Å². The van der Waals surface area contributed by atoms with Crippen LogP contribution in [0.2, 0.25) is 0 Å². The van der Waals surface area contributed by atoms with E-state index in [2.05, 4.69) is 30.8 Å². The summed E-state index contributed by atoms with van der Waals surface area (Å²) >= 11 is 0. The summed E-state index contributed by atoms with van der Waals surface area (Å²) in [6.07, 6.45) is 2.47. The van der Waals surface area contributed by atoms with Gasteiger partial charge < -0.3 is 20.3 Å². The van der Waals surface area contributed by atoms with Gasteiger partial charge in [-0.1, -0.05) is 6.92 Å². The number of nitrogens with two attached hydrogens (primary N) is 1. The predicted molar refractivity (Wildman–Crippen MR) is 80.9 cm³/mol. The molecule has 0 amide bonds. The molecule has 1 aliphatic heterocycles. The maximum atomic E-state index is 5.99. The van der Waals surface area contributed by atoms with Crippen LogP contribution >= 0.6 is 0 Å². The topological polar surface area (TPSA) is 41.7 Å². The molecule has 0 fully saturated rings. The maximum absolute atomic E-state index is 5.99. The van der Waals surface area contributed by atoms with E-state index in [9.17, 15) is 0 Å². The molecule has 0 aromatic heterocycles. The zero-order valence-corrected chi connectivity index (χ0v) is 12.2. The third kappa shape index (κ3) is 3.53. The third-order valence-corrected chi connectivity index (χ3v) is 3.53. The molecule has 0 radical (unpaired) electrons. The molecule has 1 aromatic rings. The molecule has 0 aliphatic carbocycles. The van der Waals surface area contributed by atoms with Crippen molar-refractivity contribution < 1.29 is 4.74 Å². The van der Waals surface area contributed by atoms with Crippen molar-refractivity contribution >= 4 is 11.4 Å². The van der Waals surface area contributed by atoms with Crippen LogP contribution in [-0.2, 0) is 0 Å². The highest BCUT2D eigenvalue weighted by atomic mass is 16.5. The van der Waals surface area contributed by atoms with Crippen LogP contribution in [0.1, 0.15) is 19.8 Å². The fourth-order valence-corrected chi connectivity index (χ4v) is 2.44. The first kappa shape index (κ1) is 14.0. The molecule has 2 rings (SSSR count). The molecule has 4 nitrogen and oxygen atoms in total. The highest BCUT2D eigenvalue weighted by molar-refractivity contribution is 5.66. The van der Waals surface area contributed by atoms with Crippen molar-refractivity contribution in [1.82, 2.24) is 4.90 Å². The molecule has 1 atom stereocenters. The largest absolute Gasteiger partial charge is 0.486 e. The van der Waals surface area contributed by atoms with E-state index < -0.39 is 0 Å². The highest BCUT2D eigenvalue weighted by Gasteiger charge is 2.24. The minimum atomic E-state index is 0.287. The van der Waals surface area contributed by atoms with E-state index in [4.69, 9.17) is 10.5 Å². The van der Waals surface area contributed by atoms with Crippen molar-refractivity contribution in [3.8, 4) is 5.75 Å². The second kappa shape index (κ2) is 6.15. The summed E-state index contributed by atoms with van der Waals surface area (Å²) in [7, 11) is 4.22. The van der Waals surface area contributed by atoms with Crippen molar-refractivity contribution in [1.29, 1.82) is 0 Å². The molecule has 1 aromatic carbocycles. The highest BCUT2D eigenvalue weighted by Crippen LogP contribution is 2.35. The molecule has 0 bridgehead atoms. The Balaban J connectivity index is 2.11. The lowest BCUT2D eigenvalue weighted by atomic mass is 10.1. The first-order chi connectivity index (χ1) is 9.10. The smallest absolute Gasteiger partial charge is 0.143 e. The van der Waals surface area contributed by atoms with Crippen LogP contribution in [0.25, 0.3) is 0 Å². The minimum Gasteiger partial charge on any atom is -0.486 e. The molecule has 1 unspecified atom stereocenters. The molecule has 0 spiro atoms. The van der Waals surface area contributed by atoms with Gasteiger partial charge in [0.1, 0.15) is 11.9 Å². The van der Waals surface area contributed by atoms with Crippen molar-refractivity contribution in [3.63, 3.8) is 0 Å². The number of hydrogen-bond donors (Lipinski definition) is 1. The van der Waals surface area contributed by atoms with Crippen molar-refractivity contribution in [3.05, 3.63) is 18.2 Å². The fourth-order valence-electron chi connectivity index (χ4n) is 2.44. The Hall–Kier alpha value is -1.42. The van der Waals surface area contributed by atoms with E-state index >= 15 is 0 Å². The van der Waals surface area contributed by atoms with Crippen molar-refractivity contribution in [2.45, 2.75) is 25.9 Å². The molecule has 4 heteroatoms. The summed E-state index contributed by atoms with van der Waals surface area (Å²) in [6, 6.07) is 5.93. The minimum absolute atomic E-state index is 0.287. The second-order valence-corrected chi connectivity index (χ2v) is 5.48. The molecule has 0 saturated carbocycles. The monoisotopic (exact) mass is 263 g/mol. The quantitative estimate of drug-likeness (QED) is 0.827. The Morgan fingerprint density at radius 2 is 2.21 bits per heavy atom. The van der Waals surface area contributed by atoms with Crippen LogP contribution in [-0.4, -0.2) is 44.7 Å². The van der Waals surface area contributed by atoms with Gasteiger partial charge in [-0.3, -0.25) is 0 Å². The molecule has 106 valence electrons. The Morgan fingerprint density at radius 3 is 2.89 bits per heavy atom. The number of benzene rings is 1. The van der Waals surface area contributed by atoms with Crippen LogP contribution < -0.4 is 15.4 Å². The van der Waals surface area contributed by atoms with Crippen molar-refractivity contribution in [2.24, 2.45) is 0 Å². The Labute approximate surface area is 116 Å². The first-order valence-corrected chi connectivity index (χ1v) is 7.06. The summed E-state index contributed by atoms with van der Waals surface area (Å²) < 4.78 is 5.99. The summed E-state index contributed by atoms with van der Waals surface area (Å²) in [5.41, 5.74) is 7.84. The number of anilines is 2. The molecule has 0 saturated heterocycles. The maximum Gasteiger partial charge on any atom is 0.143 e. The number of nitrogens with zero attached hydrogens (tertiary/aromatic N) is 2. The van der Waals surface area contributed by atoms with Gasteiger partial charge in [0.15, 0.2) is 0 Å². The Kier molecular flexibility index (Phi) is 4.53. The van der Waals surface area contributed by atoms with E-state index in [1.165, 1.54) is 0 Å². The molecular weight excluding hydrogens is 238 g/mol. The summed E-state index contributed by atoms with van der Waals surface area (Å²) in [5.74, 6) is 0.970. The lowest BCUT2D eigenvalue weighted by Crippen LogP contribution is -2.40. The third-order valence-electron chi connectivity index (χ3n) is 3.53. The lowest BCUT2D eigenvalue weighted by Gasteiger charge is -2.36. The normalized spacial score (nSPS) is 18.3. The van der Waals surface area contributed by atoms with Gasteiger partial charge in [-0.15, -0.1) is 0 Å². The van der Waals surface area contributed by atoms with Gasteiger partial charge >= 0.3 is 0 Å². The number of nitrogen functional groups attached to an aromatic ring is 1. The molecule has 19 heavy (non-hydrogen) atoms. The standard InChI is InChI=1S/C15H25N3O/c1-4-13-11-18(9-5-8-17(2)3)14-10-12(16)6-7-15(14)19-13/h6-7,10,13H,4-5,8-9,11,16H2,1-3H3. The number of ether oxygens (including phenoxy) is 1. The lowest BCUT2D eigenvalue weighted by molar-refractivity contribution is 0.188. The predicted octanol–water partition coefficient (Wildman–Crippen LogP) is 2.20. The number of hydrogen-bond acceptors (Lipinski definition) is 4. The van der Waals surface area contributed by atoms with Gasteiger partial charge in [-0.05, 0) is 51.7 Å². The van der Waals surface area contributed by atoms with E-state index in [-0.39, 0.29) is 6.10 Å². The number of rotatable bonds is 5. The average Bonchev–Trinajstić information content (AvgIpc) is 2.38. The van der Waals surface area contributed by atoms with Crippen LogP contribution in [0.15, 0.2) is 18.2 Å². The summed E-state index contributed by atoms with van der Waals surface area (Å²) in [6.45, 7) is 5.28. The fraction of sp³-hybridized carbons (Fsp3) is 0.600. The van der Waals surface area contributed by atoms with E-state index in [0.29, 0.717) is 0 Å². The Bertz CT molecular complexity index is 420. The van der Waals surface area contributed by atoms with Crippen molar-refractivity contribution in [2.75, 3.05) is 44.4 Å². The molecule has 2 N–H and O–H groups in total. The molecule has 1 aliphatic rings. The average molecular weight is 263 g/mol. The SMILES string of the molecule is CCC1CN(CCCN(C)C)c2cc(N)ccc2O1. The molecule has 1 heterocycles. The zero-order chi connectivity index (χ0) is 13.8. The van der Waals surface area contributed by atoms with Crippen LogP contribution in [0.4, 0.5) is 11.4 Å². The van der Waals surface area contributed by atoms with Gasteiger partial charge in [0.05, 0.1) is 12.2 Å². The van der Waals surface area contributed by atoms with E-state index in [1.54, 1.807) is 0 Å². The van der Waals surface area contributed by atoms with Gasteiger partial charge in [0.25, 0.3) is 0 Å². The number of fused-ring (bicyclic) bond motifs is 1. The second-order valence-electron chi connectivity index (χ2n) is 5.48. The summed E-state index contributed by atoms with van der Waals surface area (Å²) in [4.78, 5) is 4.63. The Morgan fingerprint density at radius 1 is 1.42 bits per heavy atom. The first-order valence-electron chi connectivity index (χ1n) is 7.06. The summed E-state index contributed by atoms with van der Waals surface area (Å²) in [5, 5.41) is 0. The molecular formula is C15H25N3O. The van der Waals surface area contributed by atoms with Crippen LogP contribution in [0.5, 0.6) is 5.75 Å². The van der Waals surface area contributed by atoms with E-state index in [0.717, 1.165) is 49.6 Å².